The molecule has 11 nitrogen and oxygen atoms in total. The minimum absolute atomic E-state index is 0.0444. The molecular weight excluding hydrogens is 564 g/mol. The molecule has 1 aliphatic rings. The molecule has 0 saturated heterocycles. The van der Waals surface area contributed by atoms with Crippen molar-refractivity contribution in [1.82, 2.24) is 5.06 Å². The van der Waals surface area contributed by atoms with Crippen molar-refractivity contribution in [3.63, 3.8) is 0 Å². The van der Waals surface area contributed by atoms with Gasteiger partial charge in [0.05, 0.1) is 32.5 Å². The van der Waals surface area contributed by atoms with Gasteiger partial charge in [0.2, 0.25) is 12.1 Å². The molecule has 0 aliphatic carbocycles. The van der Waals surface area contributed by atoms with Gasteiger partial charge in [0, 0.05) is 28.7 Å². The van der Waals surface area contributed by atoms with Crippen LogP contribution < -0.4 is 20.6 Å². The van der Waals surface area contributed by atoms with Gasteiger partial charge in [0.1, 0.15) is 18.1 Å². The number of nitrogens with two attached hydrogens (primary N) is 2. The summed E-state index contributed by atoms with van der Waals surface area (Å²) in [5, 5.41) is 1.14. The predicted octanol–water partition coefficient (Wildman–Crippen LogP) is 3.99. The van der Waals surface area contributed by atoms with E-state index < -0.39 is 32.5 Å². The fourth-order valence-corrected chi connectivity index (χ4v) is 7.53. The monoisotopic (exact) mass is 610 g/mol. The molecule has 41 heavy (non-hydrogen) atoms. The number of nitrogens with zero attached hydrogens (tertiary/aromatic N) is 2. The number of ether oxygens (including phenoxy) is 3. The smallest absolute Gasteiger partial charge is 0.349 e. The maximum Gasteiger partial charge on any atom is 0.349 e. The third kappa shape index (κ3) is 7.83. The first-order valence-corrected chi connectivity index (χ1v) is 17.5. The van der Waals surface area contributed by atoms with Crippen LogP contribution in [0.25, 0.3) is 0 Å². The van der Waals surface area contributed by atoms with Crippen LogP contribution >= 0.6 is 11.8 Å². The summed E-state index contributed by atoms with van der Waals surface area (Å²) in [6.45, 7) is 18.5. The van der Waals surface area contributed by atoms with Crippen molar-refractivity contribution < 1.29 is 33.1 Å². The van der Waals surface area contributed by atoms with E-state index in [1.54, 1.807) is 7.11 Å². The van der Waals surface area contributed by atoms with Crippen LogP contribution in [0.3, 0.4) is 0 Å². The molecular formula is C28H46N4O7SSi. The molecule has 0 amide bonds. The number of rotatable bonds is 15. The van der Waals surface area contributed by atoms with Gasteiger partial charge in [-0.05, 0) is 31.0 Å². The second-order valence-corrected chi connectivity index (χ2v) is 16.7. The van der Waals surface area contributed by atoms with Gasteiger partial charge in [-0.15, -0.1) is 0 Å². The molecule has 2 rings (SSSR count). The molecule has 0 spiro atoms. The molecule has 1 aliphatic heterocycles. The van der Waals surface area contributed by atoms with Crippen molar-refractivity contribution >= 4 is 37.9 Å². The van der Waals surface area contributed by atoms with E-state index >= 15 is 0 Å². The van der Waals surface area contributed by atoms with Crippen LogP contribution in [0.15, 0.2) is 23.7 Å². The Morgan fingerprint density at radius 2 is 1.95 bits per heavy atom. The number of hydrogen-bond acceptors (Lipinski definition) is 12. The Morgan fingerprint density at radius 3 is 2.49 bits per heavy atom. The highest BCUT2D eigenvalue weighted by Crippen LogP contribution is 2.47. The van der Waals surface area contributed by atoms with Gasteiger partial charge in [-0.25, -0.2) is 14.6 Å². The molecule has 230 valence electrons. The fourth-order valence-electron chi connectivity index (χ4n) is 4.14. The maximum absolute atomic E-state index is 13.0. The molecule has 13 heteroatoms. The molecule has 4 N–H and O–H groups in total. The first kappa shape index (κ1) is 34.6. The van der Waals surface area contributed by atoms with Crippen LogP contribution in [0, 0.1) is 12.8 Å². The second kappa shape index (κ2) is 14.5. The molecule has 2 atom stereocenters. The molecule has 0 fully saturated rings. The zero-order valence-corrected chi connectivity index (χ0v) is 27.6. The number of carbonyl (C=O) groups excluding carboxylic acids is 2. The van der Waals surface area contributed by atoms with Crippen molar-refractivity contribution in [3.05, 3.63) is 35.4 Å². The number of benzene rings is 1. The van der Waals surface area contributed by atoms with E-state index in [1.165, 1.54) is 30.0 Å². The number of thioether (sulfide) groups is 1. The van der Waals surface area contributed by atoms with E-state index in [-0.39, 0.29) is 24.2 Å². The highest BCUT2D eigenvalue weighted by Gasteiger charge is 2.45. The van der Waals surface area contributed by atoms with Crippen molar-refractivity contribution in [3.8, 4) is 11.5 Å². The number of hydrogen-bond donors (Lipinski definition) is 2. The lowest BCUT2D eigenvalue weighted by atomic mass is 9.99. The van der Waals surface area contributed by atoms with Gasteiger partial charge < -0.3 is 34.9 Å². The van der Waals surface area contributed by atoms with E-state index in [0.29, 0.717) is 45.6 Å². The lowest BCUT2D eigenvalue weighted by molar-refractivity contribution is -0.161. The van der Waals surface area contributed by atoms with Gasteiger partial charge >= 0.3 is 11.9 Å². The third-order valence-electron chi connectivity index (χ3n) is 7.90. The average molecular weight is 611 g/mol. The quantitative estimate of drug-likeness (QED) is 0.169. The SMILES string of the molecule is C=CCOC(=O)C1N=C([C@@H](N)CSCc2c(O[Si](C)(C)C(C)(C)C(C)C)cc(OC)c(C)c2C(=O)OC)ON1CN. The second-order valence-electron chi connectivity index (χ2n) is 11.1. The summed E-state index contributed by atoms with van der Waals surface area (Å²) in [6, 6.07) is 1.20. The molecule has 0 radical (unpaired) electrons. The first-order valence-electron chi connectivity index (χ1n) is 13.5. The largest absolute Gasteiger partial charge is 0.543 e. The molecule has 0 bridgehead atoms. The summed E-state index contributed by atoms with van der Waals surface area (Å²) < 4.78 is 22.7. The van der Waals surface area contributed by atoms with E-state index in [0.717, 1.165) is 0 Å². The summed E-state index contributed by atoms with van der Waals surface area (Å²) in [7, 11) is 0.558. The standard InChI is InChI=1S/C28H46N4O7SSi/c1-11-12-37-27(34)24-31-25(38-32(24)16-29)20(30)15-40-14-19-22(39-41(9,10)28(5,6)17(2)3)13-21(35-7)18(4)23(19)26(33)36-8/h11,13,17,20,24H,1,12,14-16,29-30H2,2-10H3/t20-,24?/m0/s1. The molecule has 1 aromatic rings. The van der Waals surface area contributed by atoms with E-state index in [4.69, 9.17) is 34.9 Å². The maximum atomic E-state index is 13.0. The van der Waals surface area contributed by atoms with Crippen LogP contribution in [0.1, 0.15) is 49.2 Å². The molecule has 1 aromatic carbocycles. The highest BCUT2D eigenvalue weighted by atomic mass is 32.2. The van der Waals surface area contributed by atoms with Crippen molar-refractivity contribution in [1.29, 1.82) is 0 Å². The number of aliphatic imine (C=N–C) groups is 1. The van der Waals surface area contributed by atoms with Crippen LogP contribution in [0.4, 0.5) is 0 Å². The van der Waals surface area contributed by atoms with Crippen LogP contribution in [0.5, 0.6) is 11.5 Å². The van der Waals surface area contributed by atoms with E-state index in [1.807, 2.05) is 13.0 Å². The van der Waals surface area contributed by atoms with Gasteiger partial charge in [-0.2, -0.15) is 11.8 Å². The van der Waals surface area contributed by atoms with Gasteiger partial charge in [-0.3, -0.25) is 0 Å². The Labute approximate surface area is 249 Å². The average Bonchev–Trinajstić information content (AvgIpc) is 3.37. The Balaban J connectivity index is 2.38. The summed E-state index contributed by atoms with van der Waals surface area (Å²) >= 11 is 1.47. The molecule has 1 unspecified atom stereocenters. The zero-order chi connectivity index (χ0) is 31.1. The van der Waals surface area contributed by atoms with Crippen molar-refractivity contribution in [2.75, 3.05) is 33.2 Å². The van der Waals surface area contributed by atoms with Crippen molar-refractivity contribution in [2.24, 2.45) is 22.4 Å². The van der Waals surface area contributed by atoms with Crippen LogP contribution in [0.2, 0.25) is 18.1 Å². The van der Waals surface area contributed by atoms with Crippen molar-refractivity contribution in [2.45, 2.75) is 70.7 Å². The predicted molar refractivity (Wildman–Crippen MR) is 165 cm³/mol. The van der Waals surface area contributed by atoms with Crippen LogP contribution in [-0.2, 0) is 24.9 Å². The molecule has 1 heterocycles. The molecule has 0 aromatic heterocycles. The minimum Gasteiger partial charge on any atom is -0.543 e. The topological polar surface area (TPSA) is 148 Å². The van der Waals surface area contributed by atoms with Crippen LogP contribution in [-0.4, -0.2) is 76.7 Å². The summed E-state index contributed by atoms with van der Waals surface area (Å²) in [5.74, 6) is 1.36. The number of hydroxylamine groups is 2. The van der Waals surface area contributed by atoms with Gasteiger partial charge in [0.15, 0.2) is 0 Å². The van der Waals surface area contributed by atoms with Gasteiger partial charge in [0.25, 0.3) is 8.32 Å². The normalized spacial score (nSPS) is 16.6. The van der Waals surface area contributed by atoms with E-state index in [9.17, 15) is 9.59 Å². The fraction of sp³-hybridized carbons (Fsp3) is 0.607. The summed E-state index contributed by atoms with van der Waals surface area (Å²) in [5.41, 5.74) is 13.9. The van der Waals surface area contributed by atoms with Gasteiger partial charge in [-0.1, -0.05) is 45.4 Å². The summed E-state index contributed by atoms with van der Waals surface area (Å²) in [4.78, 5) is 35.3. The Hall–Kier alpha value is -2.58. The Morgan fingerprint density at radius 1 is 1.29 bits per heavy atom. The number of methoxy groups -OCH3 is 2. The summed E-state index contributed by atoms with van der Waals surface area (Å²) in [6.07, 6.45) is 0.417. The Kier molecular flexibility index (Phi) is 12.3. The zero-order valence-electron chi connectivity index (χ0n) is 25.7. The number of carbonyl (C=O) groups is 2. The molecule has 0 saturated carbocycles. The lowest BCUT2D eigenvalue weighted by Crippen LogP contribution is -2.48. The minimum atomic E-state index is -2.36. The lowest BCUT2D eigenvalue weighted by Gasteiger charge is -2.43. The first-order chi connectivity index (χ1) is 19.2. The Bertz CT molecular complexity index is 1140. The number of esters is 2. The van der Waals surface area contributed by atoms with E-state index in [2.05, 4.69) is 52.4 Å². The highest BCUT2D eigenvalue weighted by molar-refractivity contribution is 7.98. The third-order valence-corrected chi connectivity index (χ3v) is 13.4.